The van der Waals surface area contributed by atoms with Crippen molar-refractivity contribution in [2.75, 3.05) is 26.2 Å². The standard InChI is InChI=1S/C19H23N7O2/c1-24-13-20-10-14(24)11-21-19(28)26-8-6-25(7-9-26)12-17-22-16-5-3-2-4-15(16)18(27)23-17/h2-5,10,13H,6-9,11-12H2,1H3,(H,21,28)(H,22,23,27). The molecule has 146 valence electrons. The number of nitrogens with zero attached hydrogens (tertiary/aromatic N) is 5. The zero-order chi connectivity index (χ0) is 19.5. The van der Waals surface area contributed by atoms with E-state index in [2.05, 4.69) is 25.2 Å². The lowest BCUT2D eigenvalue weighted by atomic mass is 10.2. The predicted molar refractivity (Wildman–Crippen MR) is 105 cm³/mol. The molecule has 2 aromatic heterocycles. The Morgan fingerprint density at radius 2 is 2.00 bits per heavy atom. The van der Waals surface area contributed by atoms with E-state index in [0.29, 0.717) is 42.9 Å². The lowest BCUT2D eigenvalue weighted by Gasteiger charge is -2.34. The summed E-state index contributed by atoms with van der Waals surface area (Å²) in [6.45, 7) is 3.75. The van der Waals surface area contributed by atoms with E-state index in [-0.39, 0.29) is 11.6 Å². The number of hydrogen-bond donors (Lipinski definition) is 2. The fourth-order valence-electron chi connectivity index (χ4n) is 3.36. The van der Waals surface area contributed by atoms with Crippen molar-refractivity contribution >= 4 is 16.9 Å². The van der Waals surface area contributed by atoms with E-state index in [1.54, 1.807) is 18.6 Å². The number of carbonyl (C=O) groups excluding carboxylic acids is 1. The first-order valence-corrected chi connectivity index (χ1v) is 9.28. The Bertz CT molecular complexity index is 1030. The molecule has 2 amide bonds. The summed E-state index contributed by atoms with van der Waals surface area (Å²) >= 11 is 0. The molecule has 3 aromatic rings. The van der Waals surface area contributed by atoms with Crippen LogP contribution >= 0.6 is 0 Å². The Hall–Kier alpha value is -3.20. The number of H-pyrrole nitrogens is 1. The highest BCUT2D eigenvalue weighted by molar-refractivity contribution is 5.77. The molecular formula is C19H23N7O2. The van der Waals surface area contributed by atoms with Crippen LogP contribution < -0.4 is 10.9 Å². The van der Waals surface area contributed by atoms with E-state index in [1.807, 2.05) is 34.7 Å². The average molecular weight is 381 g/mol. The third kappa shape index (κ3) is 3.89. The second-order valence-corrected chi connectivity index (χ2v) is 6.95. The molecule has 0 radical (unpaired) electrons. The molecule has 1 aromatic carbocycles. The molecule has 0 bridgehead atoms. The highest BCUT2D eigenvalue weighted by Gasteiger charge is 2.21. The van der Waals surface area contributed by atoms with Crippen molar-refractivity contribution in [2.24, 2.45) is 7.05 Å². The van der Waals surface area contributed by atoms with Crippen LogP contribution in [-0.4, -0.2) is 61.5 Å². The van der Waals surface area contributed by atoms with E-state index in [4.69, 9.17) is 0 Å². The first kappa shape index (κ1) is 18.2. The number of fused-ring (bicyclic) bond motifs is 1. The molecule has 1 aliphatic heterocycles. The molecule has 1 fully saturated rings. The normalized spacial score (nSPS) is 15.1. The van der Waals surface area contributed by atoms with Crippen LogP contribution in [0.5, 0.6) is 0 Å². The maximum absolute atomic E-state index is 12.4. The van der Waals surface area contributed by atoms with Crippen LogP contribution in [0.3, 0.4) is 0 Å². The summed E-state index contributed by atoms with van der Waals surface area (Å²) in [7, 11) is 1.90. The van der Waals surface area contributed by atoms with Crippen LogP contribution in [0.15, 0.2) is 41.6 Å². The van der Waals surface area contributed by atoms with E-state index in [9.17, 15) is 9.59 Å². The number of rotatable bonds is 4. The second-order valence-electron chi connectivity index (χ2n) is 6.95. The molecule has 9 nitrogen and oxygen atoms in total. The monoisotopic (exact) mass is 381 g/mol. The Balaban J connectivity index is 1.31. The number of imidazole rings is 1. The molecule has 2 N–H and O–H groups in total. The van der Waals surface area contributed by atoms with Crippen LogP contribution in [0.4, 0.5) is 4.79 Å². The highest BCUT2D eigenvalue weighted by Crippen LogP contribution is 2.09. The molecule has 0 atom stereocenters. The van der Waals surface area contributed by atoms with Crippen molar-refractivity contribution in [3.63, 3.8) is 0 Å². The third-order valence-corrected chi connectivity index (χ3v) is 5.03. The number of aryl methyl sites for hydroxylation is 1. The zero-order valence-electron chi connectivity index (χ0n) is 15.8. The molecule has 0 aliphatic carbocycles. The van der Waals surface area contributed by atoms with Gasteiger partial charge in [-0.25, -0.2) is 14.8 Å². The van der Waals surface area contributed by atoms with Gasteiger partial charge in [0.05, 0.1) is 36.0 Å². The van der Waals surface area contributed by atoms with Crippen molar-refractivity contribution in [3.8, 4) is 0 Å². The Morgan fingerprint density at radius 3 is 2.75 bits per heavy atom. The van der Waals surface area contributed by atoms with Gasteiger partial charge in [-0.05, 0) is 12.1 Å². The number of hydrogen-bond acceptors (Lipinski definition) is 5. The third-order valence-electron chi connectivity index (χ3n) is 5.03. The van der Waals surface area contributed by atoms with Crippen LogP contribution in [0.1, 0.15) is 11.5 Å². The van der Waals surface area contributed by atoms with Crippen LogP contribution in [-0.2, 0) is 20.1 Å². The number of para-hydroxylation sites is 1. The molecule has 4 rings (SSSR count). The van der Waals surface area contributed by atoms with E-state index in [0.717, 1.165) is 18.8 Å². The fraction of sp³-hybridized carbons (Fsp3) is 0.368. The molecule has 28 heavy (non-hydrogen) atoms. The van der Waals surface area contributed by atoms with Gasteiger partial charge in [0.1, 0.15) is 5.82 Å². The fourth-order valence-corrected chi connectivity index (χ4v) is 3.36. The first-order chi connectivity index (χ1) is 13.6. The van der Waals surface area contributed by atoms with Gasteiger partial charge in [-0.15, -0.1) is 0 Å². The lowest BCUT2D eigenvalue weighted by Crippen LogP contribution is -2.51. The smallest absolute Gasteiger partial charge is 0.317 e. The van der Waals surface area contributed by atoms with Crippen molar-refractivity contribution in [1.82, 2.24) is 34.6 Å². The summed E-state index contributed by atoms with van der Waals surface area (Å²) in [6, 6.07) is 7.25. The minimum Gasteiger partial charge on any atom is -0.336 e. The number of benzene rings is 1. The number of aromatic nitrogens is 4. The van der Waals surface area contributed by atoms with Crippen molar-refractivity contribution in [2.45, 2.75) is 13.1 Å². The van der Waals surface area contributed by atoms with Gasteiger partial charge in [-0.3, -0.25) is 9.69 Å². The van der Waals surface area contributed by atoms with Gasteiger partial charge in [-0.2, -0.15) is 0 Å². The Kier molecular flexibility index (Phi) is 5.07. The lowest BCUT2D eigenvalue weighted by molar-refractivity contribution is 0.133. The van der Waals surface area contributed by atoms with Crippen LogP contribution in [0.25, 0.3) is 10.9 Å². The Labute approximate surface area is 162 Å². The number of piperazine rings is 1. The van der Waals surface area contributed by atoms with Crippen LogP contribution in [0.2, 0.25) is 0 Å². The molecule has 1 saturated heterocycles. The van der Waals surface area contributed by atoms with E-state index < -0.39 is 0 Å². The number of nitrogens with one attached hydrogen (secondary N) is 2. The summed E-state index contributed by atoms with van der Waals surface area (Å²) < 4.78 is 1.88. The van der Waals surface area contributed by atoms with Crippen molar-refractivity contribution in [1.29, 1.82) is 0 Å². The summed E-state index contributed by atoms with van der Waals surface area (Å²) in [5.41, 5.74) is 1.54. The minimum absolute atomic E-state index is 0.0712. The maximum Gasteiger partial charge on any atom is 0.317 e. The molecule has 0 unspecified atom stereocenters. The van der Waals surface area contributed by atoms with Gasteiger partial charge >= 0.3 is 6.03 Å². The molecule has 3 heterocycles. The first-order valence-electron chi connectivity index (χ1n) is 9.28. The number of urea groups is 1. The highest BCUT2D eigenvalue weighted by atomic mass is 16.2. The van der Waals surface area contributed by atoms with Crippen molar-refractivity contribution in [3.05, 3.63) is 58.7 Å². The number of carbonyl (C=O) groups is 1. The van der Waals surface area contributed by atoms with Crippen LogP contribution in [0, 0.1) is 0 Å². The zero-order valence-corrected chi connectivity index (χ0v) is 15.8. The Morgan fingerprint density at radius 1 is 1.21 bits per heavy atom. The molecule has 0 spiro atoms. The van der Waals surface area contributed by atoms with Gasteiger partial charge in [-0.1, -0.05) is 12.1 Å². The maximum atomic E-state index is 12.4. The van der Waals surface area contributed by atoms with Crippen molar-refractivity contribution < 1.29 is 4.79 Å². The molecule has 0 saturated carbocycles. The summed E-state index contributed by atoms with van der Waals surface area (Å²) in [6.07, 6.45) is 3.46. The molecule has 1 aliphatic rings. The average Bonchev–Trinajstić information content (AvgIpc) is 3.11. The molecule has 9 heteroatoms. The number of amides is 2. The topological polar surface area (TPSA) is 99.2 Å². The predicted octanol–water partition coefficient (Wildman–Crippen LogP) is 0.684. The second kappa shape index (κ2) is 7.81. The quantitative estimate of drug-likeness (QED) is 0.693. The minimum atomic E-state index is -0.117. The van der Waals surface area contributed by atoms with E-state index in [1.165, 1.54) is 0 Å². The summed E-state index contributed by atoms with van der Waals surface area (Å²) in [5.74, 6) is 0.651. The van der Waals surface area contributed by atoms with Gasteiger partial charge < -0.3 is 19.8 Å². The number of aromatic amines is 1. The van der Waals surface area contributed by atoms with E-state index >= 15 is 0 Å². The van der Waals surface area contributed by atoms with Gasteiger partial charge in [0.25, 0.3) is 5.56 Å². The van der Waals surface area contributed by atoms with Gasteiger partial charge in [0.2, 0.25) is 0 Å². The largest absolute Gasteiger partial charge is 0.336 e. The molecular weight excluding hydrogens is 358 g/mol. The SMILES string of the molecule is Cn1cncc1CNC(=O)N1CCN(Cc2nc3ccccc3c(=O)[nH]2)CC1. The summed E-state index contributed by atoms with van der Waals surface area (Å²) in [5, 5.41) is 3.53. The summed E-state index contributed by atoms with van der Waals surface area (Å²) in [4.78, 5) is 40.0. The van der Waals surface area contributed by atoms with Gasteiger partial charge in [0.15, 0.2) is 0 Å². The van der Waals surface area contributed by atoms with Gasteiger partial charge in [0, 0.05) is 39.4 Å².